The standard InChI is InChI=1S/C16H32N2O/c1-5-13(4)15-10-18(14-8-9-19-11-14)16(6-2,7-3)12-17-15/h13-15,17H,5-12H2,1-4H3. The van der Waals surface area contributed by atoms with Gasteiger partial charge in [0.15, 0.2) is 0 Å². The molecule has 3 atom stereocenters. The summed E-state index contributed by atoms with van der Waals surface area (Å²) in [5.74, 6) is 0.761. The molecule has 2 saturated heterocycles. The zero-order chi connectivity index (χ0) is 13.9. The van der Waals surface area contributed by atoms with Crippen molar-refractivity contribution in [2.75, 3.05) is 26.3 Å². The molecule has 3 unspecified atom stereocenters. The Morgan fingerprint density at radius 2 is 2.05 bits per heavy atom. The first kappa shape index (κ1) is 15.3. The van der Waals surface area contributed by atoms with Crippen LogP contribution in [0.25, 0.3) is 0 Å². The maximum atomic E-state index is 5.65. The third kappa shape index (κ3) is 2.98. The molecule has 1 N–H and O–H groups in total. The minimum Gasteiger partial charge on any atom is -0.380 e. The monoisotopic (exact) mass is 268 g/mol. The van der Waals surface area contributed by atoms with Gasteiger partial charge in [0.2, 0.25) is 0 Å². The highest BCUT2D eigenvalue weighted by Gasteiger charge is 2.43. The number of hydrogen-bond donors (Lipinski definition) is 1. The number of piperazine rings is 1. The van der Waals surface area contributed by atoms with Crippen LogP contribution in [-0.4, -0.2) is 48.8 Å². The lowest BCUT2D eigenvalue weighted by Crippen LogP contribution is -2.67. The summed E-state index contributed by atoms with van der Waals surface area (Å²) in [4.78, 5) is 2.80. The van der Waals surface area contributed by atoms with E-state index in [0.717, 1.165) is 25.7 Å². The van der Waals surface area contributed by atoms with Crippen LogP contribution >= 0.6 is 0 Å². The fourth-order valence-electron chi connectivity index (χ4n) is 3.77. The Morgan fingerprint density at radius 3 is 2.58 bits per heavy atom. The van der Waals surface area contributed by atoms with E-state index in [1.807, 2.05) is 0 Å². The Balaban J connectivity index is 2.13. The number of ether oxygens (including phenoxy) is 1. The van der Waals surface area contributed by atoms with Crippen LogP contribution in [0.4, 0.5) is 0 Å². The molecule has 112 valence electrons. The molecule has 2 aliphatic rings. The summed E-state index contributed by atoms with van der Waals surface area (Å²) in [5, 5.41) is 3.83. The second-order valence-electron chi connectivity index (χ2n) is 6.47. The SMILES string of the molecule is CCC(C)C1CN(C2CCOC2)C(CC)(CC)CN1. The minimum atomic E-state index is 0.350. The predicted molar refractivity (Wildman–Crippen MR) is 80.5 cm³/mol. The van der Waals surface area contributed by atoms with E-state index < -0.39 is 0 Å². The van der Waals surface area contributed by atoms with Crippen molar-refractivity contribution in [2.24, 2.45) is 5.92 Å². The first-order valence-electron chi connectivity index (χ1n) is 8.24. The van der Waals surface area contributed by atoms with Crippen molar-refractivity contribution in [2.45, 2.75) is 71.0 Å². The molecule has 2 heterocycles. The second-order valence-corrected chi connectivity index (χ2v) is 6.47. The van der Waals surface area contributed by atoms with Gasteiger partial charge in [0, 0.05) is 37.3 Å². The van der Waals surface area contributed by atoms with Crippen LogP contribution in [0.15, 0.2) is 0 Å². The summed E-state index contributed by atoms with van der Waals surface area (Å²) >= 11 is 0. The molecule has 19 heavy (non-hydrogen) atoms. The van der Waals surface area contributed by atoms with E-state index in [4.69, 9.17) is 4.74 Å². The van der Waals surface area contributed by atoms with Gasteiger partial charge in [0.05, 0.1) is 6.61 Å². The van der Waals surface area contributed by atoms with E-state index in [1.165, 1.54) is 32.2 Å². The third-order valence-corrected chi connectivity index (χ3v) is 5.69. The van der Waals surface area contributed by atoms with E-state index >= 15 is 0 Å². The molecule has 0 amide bonds. The number of nitrogens with one attached hydrogen (secondary N) is 1. The lowest BCUT2D eigenvalue weighted by molar-refractivity contribution is -0.0163. The second kappa shape index (κ2) is 6.55. The fourth-order valence-corrected chi connectivity index (χ4v) is 3.77. The van der Waals surface area contributed by atoms with Crippen LogP contribution in [0.2, 0.25) is 0 Å². The zero-order valence-electron chi connectivity index (χ0n) is 13.2. The predicted octanol–water partition coefficient (Wildman–Crippen LogP) is 2.65. The summed E-state index contributed by atoms with van der Waals surface area (Å²) < 4.78 is 5.65. The Hall–Kier alpha value is -0.120. The summed E-state index contributed by atoms with van der Waals surface area (Å²) in [6.45, 7) is 13.6. The van der Waals surface area contributed by atoms with Crippen LogP contribution in [0.1, 0.15) is 53.4 Å². The van der Waals surface area contributed by atoms with E-state index in [-0.39, 0.29) is 0 Å². The van der Waals surface area contributed by atoms with E-state index in [1.54, 1.807) is 0 Å². The molecule has 2 rings (SSSR count). The maximum Gasteiger partial charge on any atom is 0.0622 e. The van der Waals surface area contributed by atoms with Crippen LogP contribution in [-0.2, 0) is 4.74 Å². The molecule has 0 aromatic heterocycles. The quantitative estimate of drug-likeness (QED) is 0.829. The zero-order valence-corrected chi connectivity index (χ0v) is 13.2. The minimum absolute atomic E-state index is 0.350. The Kier molecular flexibility index (Phi) is 5.27. The van der Waals surface area contributed by atoms with Crippen LogP contribution in [0.5, 0.6) is 0 Å². The fraction of sp³-hybridized carbons (Fsp3) is 1.00. The number of rotatable bonds is 5. The van der Waals surface area contributed by atoms with Crippen LogP contribution in [0.3, 0.4) is 0 Å². The number of hydrogen-bond acceptors (Lipinski definition) is 3. The molecule has 3 nitrogen and oxygen atoms in total. The van der Waals surface area contributed by atoms with Crippen molar-refractivity contribution < 1.29 is 4.74 Å². The smallest absolute Gasteiger partial charge is 0.0622 e. The van der Waals surface area contributed by atoms with Crippen molar-refractivity contribution in [3.05, 3.63) is 0 Å². The highest BCUT2D eigenvalue weighted by molar-refractivity contribution is 5.01. The lowest BCUT2D eigenvalue weighted by atomic mass is 9.83. The van der Waals surface area contributed by atoms with Gasteiger partial charge in [0.25, 0.3) is 0 Å². The topological polar surface area (TPSA) is 24.5 Å². The molecular weight excluding hydrogens is 236 g/mol. The Morgan fingerprint density at radius 1 is 1.32 bits per heavy atom. The van der Waals surface area contributed by atoms with E-state index in [9.17, 15) is 0 Å². The van der Waals surface area contributed by atoms with Crippen molar-refractivity contribution >= 4 is 0 Å². The Labute approximate surface area is 119 Å². The molecule has 0 spiro atoms. The molecule has 2 aliphatic heterocycles. The average Bonchev–Trinajstić information content (AvgIpc) is 2.99. The molecule has 0 bridgehead atoms. The highest BCUT2D eigenvalue weighted by Crippen LogP contribution is 2.33. The van der Waals surface area contributed by atoms with Crippen molar-refractivity contribution in [1.29, 1.82) is 0 Å². The maximum absolute atomic E-state index is 5.65. The molecule has 0 radical (unpaired) electrons. The average molecular weight is 268 g/mol. The van der Waals surface area contributed by atoms with Crippen molar-refractivity contribution in [1.82, 2.24) is 10.2 Å². The van der Waals surface area contributed by atoms with E-state index in [0.29, 0.717) is 17.6 Å². The molecule has 2 fully saturated rings. The van der Waals surface area contributed by atoms with Crippen LogP contribution in [0, 0.1) is 5.92 Å². The largest absolute Gasteiger partial charge is 0.380 e. The van der Waals surface area contributed by atoms with Gasteiger partial charge in [0.1, 0.15) is 0 Å². The molecule has 0 saturated carbocycles. The van der Waals surface area contributed by atoms with Gasteiger partial charge >= 0.3 is 0 Å². The van der Waals surface area contributed by atoms with Gasteiger partial charge in [-0.2, -0.15) is 0 Å². The van der Waals surface area contributed by atoms with Gasteiger partial charge in [-0.3, -0.25) is 4.90 Å². The molecule has 0 aromatic rings. The summed E-state index contributed by atoms with van der Waals surface area (Å²) in [7, 11) is 0. The van der Waals surface area contributed by atoms with Crippen LogP contribution < -0.4 is 5.32 Å². The van der Waals surface area contributed by atoms with Gasteiger partial charge in [-0.15, -0.1) is 0 Å². The van der Waals surface area contributed by atoms with E-state index in [2.05, 4.69) is 37.9 Å². The normalized spacial score (nSPS) is 33.5. The van der Waals surface area contributed by atoms with Gasteiger partial charge in [-0.25, -0.2) is 0 Å². The van der Waals surface area contributed by atoms with Gasteiger partial charge < -0.3 is 10.1 Å². The van der Waals surface area contributed by atoms with Gasteiger partial charge in [-0.1, -0.05) is 34.1 Å². The first-order chi connectivity index (χ1) is 9.16. The van der Waals surface area contributed by atoms with Crippen molar-refractivity contribution in [3.8, 4) is 0 Å². The lowest BCUT2D eigenvalue weighted by Gasteiger charge is -2.53. The van der Waals surface area contributed by atoms with Crippen molar-refractivity contribution in [3.63, 3.8) is 0 Å². The molecule has 0 aromatic carbocycles. The Bertz CT molecular complexity index is 272. The summed E-state index contributed by atoms with van der Waals surface area (Å²) in [6.07, 6.45) is 4.95. The highest BCUT2D eigenvalue weighted by atomic mass is 16.5. The molecule has 0 aliphatic carbocycles. The summed E-state index contributed by atoms with van der Waals surface area (Å²) in [6, 6.07) is 1.30. The molecule has 3 heteroatoms. The third-order valence-electron chi connectivity index (χ3n) is 5.69. The number of nitrogens with zero attached hydrogens (tertiary/aromatic N) is 1. The first-order valence-corrected chi connectivity index (χ1v) is 8.24. The summed E-state index contributed by atoms with van der Waals surface area (Å²) in [5.41, 5.74) is 0.350. The van der Waals surface area contributed by atoms with Gasteiger partial charge in [-0.05, 0) is 25.2 Å². The molecular formula is C16H32N2O.